The van der Waals surface area contributed by atoms with Crippen molar-refractivity contribution in [1.82, 2.24) is 14.9 Å². The maximum atomic E-state index is 12.4. The molecule has 2 unspecified atom stereocenters. The summed E-state index contributed by atoms with van der Waals surface area (Å²) in [5, 5.41) is 15.5. The smallest absolute Gasteiger partial charge is 0.251 e. The van der Waals surface area contributed by atoms with Crippen LogP contribution in [0.3, 0.4) is 0 Å². The third-order valence-electron chi connectivity index (χ3n) is 4.29. The summed E-state index contributed by atoms with van der Waals surface area (Å²) in [6.07, 6.45) is -0.452. The normalized spacial score (nSPS) is 20.3. The number of carbonyl (C=O) groups excluding carboxylic acids is 1. The second-order valence-corrected chi connectivity index (χ2v) is 7.75. The highest BCUT2D eigenvalue weighted by Gasteiger charge is 2.25. The first-order valence-electron chi connectivity index (χ1n) is 8.17. The maximum Gasteiger partial charge on any atom is 0.251 e. The predicted molar refractivity (Wildman–Crippen MR) is 98.5 cm³/mol. The van der Waals surface area contributed by atoms with E-state index in [-0.39, 0.29) is 29.1 Å². The third-order valence-corrected chi connectivity index (χ3v) is 6.35. The van der Waals surface area contributed by atoms with Crippen LogP contribution in [0.2, 0.25) is 0 Å². The van der Waals surface area contributed by atoms with E-state index in [4.69, 9.17) is 0 Å². The number of aliphatic hydroxyl groups excluding tert-OH is 1. The Hall–Kier alpha value is -1.19. The largest absolute Gasteiger partial charge is 0.391 e. The van der Waals surface area contributed by atoms with Gasteiger partial charge in [0, 0.05) is 44.2 Å². The van der Waals surface area contributed by atoms with Gasteiger partial charge in [-0.3, -0.25) is 4.79 Å². The summed E-state index contributed by atoms with van der Waals surface area (Å²) in [5.74, 6) is -0.280. The molecule has 0 spiro atoms. The Bertz CT molecular complexity index is 662. The average Bonchev–Trinajstić information content (AvgIpc) is 2.98. The van der Waals surface area contributed by atoms with E-state index in [9.17, 15) is 18.3 Å². The number of halogens is 1. The Kier molecular flexibility index (Phi) is 8.30. The van der Waals surface area contributed by atoms with Crippen LogP contribution in [0.15, 0.2) is 29.2 Å². The molecule has 0 radical (unpaired) electrons. The van der Waals surface area contributed by atoms with Crippen molar-refractivity contribution in [3.05, 3.63) is 29.8 Å². The number of nitrogens with one attached hydrogen (secondary N) is 2. The fraction of sp³-hybridized carbons (Fsp3) is 0.562. The number of hydrogen-bond donors (Lipinski definition) is 3. The first-order valence-corrected chi connectivity index (χ1v) is 9.61. The third kappa shape index (κ3) is 5.15. The highest BCUT2D eigenvalue weighted by Crippen LogP contribution is 2.16. The van der Waals surface area contributed by atoms with Crippen molar-refractivity contribution in [2.75, 3.05) is 32.7 Å². The fourth-order valence-corrected chi connectivity index (χ4v) is 4.20. The van der Waals surface area contributed by atoms with Crippen LogP contribution in [0.25, 0.3) is 0 Å². The minimum atomic E-state index is -3.52. The zero-order valence-corrected chi connectivity index (χ0v) is 16.1. The minimum Gasteiger partial charge on any atom is -0.391 e. The number of amides is 1. The molecule has 1 saturated heterocycles. The summed E-state index contributed by atoms with van der Waals surface area (Å²) < 4.78 is 26.2. The van der Waals surface area contributed by atoms with Gasteiger partial charge in [0.25, 0.3) is 5.91 Å². The van der Waals surface area contributed by atoms with E-state index in [1.807, 2.05) is 0 Å². The Labute approximate surface area is 155 Å². The molecule has 0 aliphatic carbocycles. The quantitative estimate of drug-likeness (QED) is 0.626. The van der Waals surface area contributed by atoms with Gasteiger partial charge in [-0.05, 0) is 24.3 Å². The number of nitrogens with zero attached hydrogens (tertiary/aromatic N) is 1. The summed E-state index contributed by atoms with van der Waals surface area (Å²) >= 11 is 0. The number of benzene rings is 1. The molecular formula is C16H26ClN3O4S. The van der Waals surface area contributed by atoms with Crippen LogP contribution in [0.4, 0.5) is 0 Å². The molecule has 1 aliphatic rings. The molecule has 25 heavy (non-hydrogen) atoms. The zero-order valence-electron chi connectivity index (χ0n) is 14.4. The molecule has 2 rings (SSSR count). The highest BCUT2D eigenvalue weighted by molar-refractivity contribution is 7.89. The van der Waals surface area contributed by atoms with Crippen LogP contribution in [-0.4, -0.2) is 62.6 Å². The SMILES string of the molecule is CCN(CC)S(=O)(=O)c1ccc(C(=O)NCC2CNCC2O)cc1.Cl. The standard InChI is InChI=1S/C16H25N3O4S.ClH/c1-3-19(4-2)24(22,23)14-7-5-12(6-8-14)16(21)18-10-13-9-17-11-15(13)20;/h5-8,13,15,17,20H,3-4,9-11H2,1-2H3,(H,18,21);1H. The van der Waals surface area contributed by atoms with Crippen LogP contribution in [0.1, 0.15) is 24.2 Å². The lowest BCUT2D eigenvalue weighted by atomic mass is 10.1. The van der Waals surface area contributed by atoms with Gasteiger partial charge in [-0.25, -0.2) is 8.42 Å². The Morgan fingerprint density at radius 2 is 1.84 bits per heavy atom. The van der Waals surface area contributed by atoms with E-state index in [0.717, 1.165) is 0 Å². The Morgan fingerprint density at radius 1 is 1.24 bits per heavy atom. The van der Waals surface area contributed by atoms with Gasteiger partial charge in [-0.15, -0.1) is 12.4 Å². The fourth-order valence-electron chi connectivity index (χ4n) is 2.74. The average molecular weight is 392 g/mol. The summed E-state index contributed by atoms with van der Waals surface area (Å²) in [6, 6.07) is 5.92. The number of aliphatic hydroxyl groups is 1. The van der Waals surface area contributed by atoms with Gasteiger partial charge in [-0.1, -0.05) is 13.8 Å². The molecule has 3 N–H and O–H groups in total. The zero-order chi connectivity index (χ0) is 17.7. The monoisotopic (exact) mass is 391 g/mol. The van der Waals surface area contributed by atoms with Crippen LogP contribution >= 0.6 is 12.4 Å². The van der Waals surface area contributed by atoms with Gasteiger partial charge < -0.3 is 15.7 Å². The predicted octanol–water partition coefficient (Wildman–Crippen LogP) is 0.449. The molecule has 0 saturated carbocycles. The molecule has 0 aromatic heterocycles. The van der Waals surface area contributed by atoms with Gasteiger partial charge in [0.05, 0.1) is 11.0 Å². The van der Waals surface area contributed by atoms with Crippen molar-refractivity contribution in [3.8, 4) is 0 Å². The van der Waals surface area contributed by atoms with Crippen LogP contribution < -0.4 is 10.6 Å². The maximum absolute atomic E-state index is 12.4. The van der Waals surface area contributed by atoms with E-state index in [0.29, 0.717) is 38.3 Å². The molecule has 1 amide bonds. The Morgan fingerprint density at radius 3 is 2.32 bits per heavy atom. The number of sulfonamides is 1. The van der Waals surface area contributed by atoms with E-state index >= 15 is 0 Å². The second kappa shape index (κ2) is 9.49. The molecule has 7 nitrogen and oxygen atoms in total. The van der Waals surface area contributed by atoms with Crippen LogP contribution in [-0.2, 0) is 10.0 Å². The molecular weight excluding hydrogens is 366 g/mol. The lowest BCUT2D eigenvalue weighted by molar-refractivity contribution is 0.0927. The first-order chi connectivity index (χ1) is 11.4. The number of hydrogen-bond acceptors (Lipinski definition) is 5. The number of rotatable bonds is 7. The number of carbonyl (C=O) groups is 1. The Balaban J connectivity index is 0.00000312. The van der Waals surface area contributed by atoms with Gasteiger partial charge in [0.2, 0.25) is 10.0 Å². The lowest BCUT2D eigenvalue weighted by Gasteiger charge is -2.18. The molecule has 1 aromatic carbocycles. The van der Waals surface area contributed by atoms with E-state index in [2.05, 4.69) is 10.6 Å². The van der Waals surface area contributed by atoms with Crippen molar-refractivity contribution in [2.24, 2.45) is 5.92 Å². The van der Waals surface area contributed by atoms with Crippen LogP contribution in [0, 0.1) is 5.92 Å². The number of β-amino-alcohol motifs (C(OH)–C–C–N with tert-alkyl or cyclic N) is 1. The molecule has 2 atom stereocenters. The van der Waals surface area contributed by atoms with Gasteiger partial charge in [0.1, 0.15) is 0 Å². The summed E-state index contributed by atoms with van der Waals surface area (Å²) in [6.45, 7) is 5.97. The second-order valence-electron chi connectivity index (χ2n) is 5.81. The van der Waals surface area contributed by atoms with E-state index < -0.39 is 16.1 Å². The summed E-state index contributed by atoms with van der Waals surface area (Å²) in [7, 11) is -3.52. The van der Waals surface area contributed by atoms with Crippen molar-refractivity contribution in [2.45, 2.75) is 24.8 Å². The molecule has 0 bridgehead atoms. The van der Waals surface area contributed by atoms with Gasteiger partial charge in [-0.2, -0.15) is 4.31 Å². The highest BCUT2D eigenvalue weighted by atomic mass is 35.5. The summed E-state index contributed by atoms with van der Waals surface area (Å²) in [5.41, 5.74) is 0.397. The van der Waals surface area contributed by atoms with Crippen LogP contribution in [0.5, 0.6) is 0 Å². The molecule has 9 heteroatoms. The topological polar surface area (TPSA) is 98.7 Å². The van der Waals surface area contributed by atoms with Crippen molar-refractivity contribution >= 4 is 28.3 Å². The molecule has 1 heterocycles. The lowest BCUT2D eigenvalue weighted by Crippen LogP contribution is -2.34. The van der Waals surface area contributed by atoms with E-state index in [1.165, 1.54) is 28.6 Å². The van der Waals surface area contributed by atoms with Crippen molar-refractivity contribution < 1.29 is 18.3 Å². The molecule has 1 aliphatic heterocycles. The van der Waals surface area contributed by atoms with Gasteiger partial charge >= 0.3 is 0 Å². The van der Waals surface area contributed by atoms with Crippen molar-refractivity contribution in [3.63, 3.8) is 0 Å². The first kappa shape index (κ1) is 21.9. The molecule has 1 aromatic rings. The molecule has 1 fully saturated rings. The van der Waals surface area contributed by atoms with Crippen molar-refractivity contribution in [1.29, 1.82) is 0 Å². The summed E-state index contributed by atoms with van der Waals surface area (Å²) in [4.78, 5) is 12.3. The molecule has 142 valence electrons. The van der Waals surface area contributed by atoms with E-state index in [1.54, 1.807) is 13.8 Å². The van der Waals surface area contributed by atoms with Gasteiger partial charge in [0.15, 0.2) is 0 Å². The minimum absolute atomic E-state index is 0.